The summed E-state index contributed by atoms with van der Waals surface area (Å²) in [7, 11) is -7.67. The van der Waals surface area contributed by atoms with Crippen molar-refractivity contribution >= 4 is 42.2 Å². The number of nitrogens with zero attached hydrogens (tertiary/aromatic N) is 3. The molecule has 0 saturated heterocycles. The zero-order chi connectivity index (χ0) is 22.6. The van der Waals surface area contributed by atoms with Crippen LogP contribution >= 0.6 is 11.3 Å². The number of non-ortho nitro benzene ring substituents is 1. The highest BCUT2D eigenvalue weighted by Crippen LogP contribution is 2.22. The monoisotopic (exact) mass is 483 g/mol. The fraction of sp³-hybridized carbons (Fsp3) is 0.176. The van der Waals surface area contributed by atoms with Crippen molar-refractivity contribution in [1.29, 1.82) is 0 Å². The Labute approximate surface area is 182 Å². The first kappa shape index (κ1) is 22.7. The summed E-state index contributed by atoms with van der Waals surface area (Å²) in [4.78, 5) is 10.0. The summed E-state index contributed by atoms with van der Waals surface area (Å²) in [5.74, 6) is 0. The summed E-state index contributed by atoms with van der Waals surface area (Å²) in [5.41, 5.74) is 0.710. The number of sulfonamides is 2. The van der Waals surface area contributed by atoms with Crippen LogP contribution in [0.4, 0.5) is 10.8 Å². The van der Waals surface area contributed by atoms with Gasteiger partial charge in [-0.15, -0.1) is 10.2 Å². The molecule has 31 heavy (non-hydrogen) atoms. The van der Waals surface area contributed by atoms with Gasteiger partial charge >= 0.3 is 0 Å². The van der Waals surface area contributed by atoms with Crippen LogP contribution in [0.25, 0.3) is 0 Å². The van der Waals surface area contributed by atoms with Gasteiger partial charge in [0.15, 0.2) is 0 Å². The number of aromatic nitrogens is 2. The van der Waals surface area contributed by atoms with Gasteiger partial charge in [-0.2, -0.15) is 0 Å². The highest BCUT2D eigenvalue weighted by atomic mass is 32.2. The maximum absolute atomic E-state index is 12.4. The van der Waals surface area contributed by atoms with Gasteiger partial charge in [0.05, 0.1) is 14.7 Å². The molecule has 0 unspecified atom stereocenters. The molecular weight excluding hydrogens is 466 g/mol. The Bertz CT molecular complexity index is 1290. The molecule has 14 heteroatoms. The summed E-state index contributed by atoms with van der Waals surface area (Å²) < 4.78 is 54.0. The molecule has 0 amide bonds. The molecule has 0 saturated carbocycles. The van der Waals surface area contributed by atoms with E-state index >= 15 is 0 Å². The van der Waals surface area contributed by atoms with Crippen LogP contribution < -0.4 is 9.44 Å². The Morgan fingerprint density at radius 3 is 2.13 bits per heavy atom. The van der Waals surface area contributed by atoms with Crippen LogP contribution in [0.3, 0.4) is 0 Å². The van der Waals surface area contributed by atoms with Gasteiger partial charge in [0.25, 0.3) is 15.7 Å². The van der Waals surface area contributed by atoms with Crippen molar-refractivity contribution in [2.75, 3.05) is 11.3 Å². The number of benzene rings is 2. The molecule has 0 aliphatic rings. The topological polar surface area (TPSA) is 161 Å². The van der Waals surface area contributed by atoms with Gasteiger partial charge in [-0.25, -0.2) is 21.6 Å². The van der Waals surface area contributed by atoms with Crippen molar-refractivity contribution in [2.45, 2.75) is 23.1 Å². The Kier molecular flexibility index (Phi) is 6.64. The lowest BCUT2D eigenvalue weighted by molar-refractivity contribution is -0.384. The molecule has 0 fully saturated rings. The molecule has 164 valence electrons. The quantitative estimate of drug-likeness (QED) is 0.345. The first-order chi connectivity index (χ1) is 14.6. The number of nitro benzene ring substituents is 1. The maximum Gasteiger partial charge on any atom is 0.269 e. The van der Waals surface area contributed by atoms with Crippen LogP contribution in [0.1, 0.15) is 10.6 Å². The van der Waals surface area contributed by atoms with Gasteiger partial charge in [-0.1, -0.05) is 29.0 Å². The van der Waals surface area contributed by atoms with Gasteiger partial charge < -0.3 is 0 Å². The third-order valence-electron chi connectivity index (χ3n) is 4.01. The molecule has 2 aromatic carbocycles. The van der Waals surface area contributed by atoms with E-state index in [1.165, 1.54) is 12.1 Å². The molecule has 11 nitrogen and oxygen atoms in total. The predicted molar refractivity (Wildman–Crippen MR) is 114 cm³/mol. The fourth-order valence-corrected chi connectivity index (χ4v) is 5.41. The van der Waals surface area contributed by atoms with E-state index in [4.69, 9.17) is 0 Å². The van der Waals surface area contributed by atoms with E-state index in [1.807, 2.05) is 6.92 Å². The summed E-state index contributed by atoms with van der Waals surface area (Å²) in [6.07, 6.45) is 0.210. The van der Waals surface area contributed by atoms with Crippen molar-refractivity contribution in [1.82, 2.24) is 14.9 Å². The second-order valence-corrected chi connectivity index (χ2v) is 10.8. The van der Waals surface area contributed by atoms with Crippen molar-refractivity contribution in [2.24, 2.45) is 0 Å². The summed E-state index contributed by atoms with van der Waals surface area (Å²) >= 11 is 0.955. The number of nitro groups is 1. The zero-order valence-corrected chi connectivity index (χ0v) is 18.5. The van der Waals surface area contributed by atoms with E-state index in [0.29, 0.717) is 5.01 Å². The lowest BCUT2D eigenvalue weighted by Crippen LogP contribution is -2.25. The molecule has 1 aromatic heterocycles. The van der Waals surface area contributed by atoms with E-state index in [0.717, 1.165) is 41.2 Å². The van der Waals surface area contributed by atoms with E-state index in [2.05, 4.69) is 19.6 Å². The Hall–Kier alpha value is -2.94. The van der Waals surface area contributed by atoms with Crippen LogP contribution in [0.15, 0.2) is 58.3 Å². The van der Waals surface area contributed by atoms with Crippen LogP contribution in [0.2, 0.25) is 0 Å². The predicted octanol–water partition coefficient (Wildman–Crippen LogP) is 2.08. The third kappa shape index (κ3) is 5.81. The maximum atomic E-state index is 12.4. The molecule has 0 aliphatic carbocycles. The van der Waals surface area contributed by atoms with E-state index in [1.54, 1.807) is 12.1 Å². The molecule has 3 rings (SSSR count). The molecule has 0 atom stereocenters. The second-order valence-electron chi connectivity index (χ2n) is 6.32. The molecule has 0 aliphatic heterocycles. The molecule has 0 radical (unpaired) electrons. The van der Waals surface area contributed by atoms with Gasteiger partial charge in [0.2, 0.25) is 15.2 Å². The number of rotatable bonds is 9. The van der Waals surface area contributed by atoms with Gasteiger partial charge in [0.1, 0.15) is 5.01 Å². The van der Waals surface area contributed by atoms with Crippen LogP contribution in [-0.2, 0) is 26.5 Å². The summed E-state index contributed by atoms with van der Waals surface area (Å²) in [6, 6.07) is 10.8. The number of hydrogen-bond donors (Lipinski definition) is 2. The Morgan fingerprint density at radius 1 is 0.935 bits per heavy atom. The zero-order valence-electron chi connectivity index (χ0n) is 16.0. The molecule has 0 spiro atoms. The molecule has 2 N–H and O–H groups in total. The van der Waals surface area contributed by atoms with Crippen molar-refractivity contribution in [3.05, 3.63) is 69.2 Å². The third-order valence-corrected chi connectivity index (χ3v) is 7.87. The van der Waals surface area contributed by atoms with Crippen molar-refractivity contribution in [3.63, 3.8) is 0 Å². The van der Waals surface area contributed by atoms with Crippen LogP contribution in [0, 0.1) is 17.0 Å². The largest absolute Gasteiger partial charge is 0.269 e. The fourth-order valence-electron chi connectivity index (χ4n) is 2.41. The molecule has 0 bridgehead atoms. The smallest absolute Gasteiger partial charge is 0.258 e. The minimum atomic E-state index is -4.00. The highest BCUT2D eigenvalue weighted by molar-refractivity contribution is 7.93. The molecule has 3 aromatic rings. The summed E-state index contributed by atoms with van der Waals surface area (Å²) in [6.45, 7) is 1.91. The first-order valence-corrected chi connectivity index (χ1v) is 12.5. The van der Waals surface area contributed by atoms with E-state index < -0.39 is 25.0 Å². The van der Waals surface area contributed by atoms with Gasteiger partial charge in [0, 0.05) is 25.1 Å². The standard InChI is InChI=1S/C17H17N5O6S3/c1-12-2-6-14(7-3-12)30(25,26)18-11-10-16-19-20-17(29-16)21-31(27,28)15-8-4-13(5-9-15)22(23)24/h2-9,18H,10-11H2,1H3,(H,20,21). The minimum absolute atomic E-state index is 0.00487. The normalized spacial score (nSPS) is 11.9. The first-order valence-electron chi connectivity index (χ1n) is 8.73. The lowest BCUT2D eigenvalue weighted by atomic mass is 10.2. The summed E-state index contributed by atoms with van der Waals surface area (Å²) in [5, 5.41) is 18.7. The molecule has 1 heterocycles. The molecular formula is C17H17N5O6S3. The second kappa shape index (κ2) is 9.05. The highest BCUT2D eigenvalue weighted by Gasteiger charge is 2.19. The minimum Gasteiger partial charge on any atom is -0.258 e. The van der Waals surface area contributed by atoms with Gasteiger partial charge in [-0.05, 0) is 31.2 Å². The number of aryl methyl sites for hydroxylation is 1. The average molecular weight is 484 g/mol. The van der Waals surface area contributed by atoms with Crippen molar-refractivity contribution < 1.29 is 21.8 Å². The van der Waals surface area contributed by atoms with Crippen molar-refractivity contribution in [3.8, 4) is 0 Å². The Morgan fingerprint density at radius 2 is 1.52 bits per heavy atom. The Balaban J connectivity index is 1.59. The average Bonchev–Trinajstić information content (AvgIpc) is 3.14. The number of hydrogen-bond acceptors (Lipinski definition) is 9. The van der Waals surface area contributed by atoms with Crippen LogP contribution in [-0.4, -0.2) is 38.5 Å². The lowest BCUT2D eigenvalue weighted by Gasteiger charge is -2.06. The van der Waals surface area contributed by atoms with E-state index in [-0.39, 0.29) is 33.6 Å². The van der Waals surface area contributed by atoms with E-state index in [9.17, 15) is 26.9 Å². The van der Waals surface area contributed by atoms with Gasteiger partial charge in [-0.3, -0.25) is 14.8 Å². The SMILES string of the molecule is Cc1ccc(S(=O)(=O)NCCc2nnc(NS(=O)(=O)c3ccc([N+](=O)[O-])cc3)s2)cc1. The number of nitrogens with one attached hydrogen (secondary N) is 2. The number of anilines is 1. The van der Waals surface area contributed by atoms with Crippen LogP contribution in [0.5, 0.6) is 0 Å².